The predicted molar refractivity (Wildman–Crippen MR) is 131 cm³/mol. The van der Waals surface area contributed by atoms with Gasteiger partial charge in [-0.15, -0.1) is 0 Å². The molecule has 0 saturated heterocycles. The lowest BCUT2D eigenvalue weighted by Crippen LogP contribution is -2.54. The number of nitrogens with two attached hydrogens (primary N) is 1. The van der Waals surface area contributed by atoms with Gasteiger partial charge in [0.2, 0.25) is 5.91 Å². The number of sulfonamides is 1. The first-order valence-corrected chi connectivity index (χ1v) is 14.0. The highest BCUT2D eigenvalue weighted by molar-refractivity contribution is 7.92. The van der Waals surface area contributed by atoms with Crippen LogP contribution in [0.15, 0.2) is 47.4 Å². The van der Waals surface area contributed by atoms with Gasteiger partial charge >= 0.3 is 12.4 Å². The third kappa shape index (κ3) is 5.39. The summed E-state index contributed by atoms with van der Waals surface area (Å²) in [6, 6.07) is 4.22. The van der Waals surface area contributed by atoms with Crippen LogP contribution in [0.3, 0.4) is 0 Å². The van der Waals surface area contributed by atoms with Crippen LogP contribution in [0.2, 0.25) is 0 Å². The average molecular weight is 613 g/mol. The first-order chi connectivity index (χ1) is 18.8. The lowest BCUT2D eigenvalue weighted by Gasteiger charge is -2.44. The Kier molecular flexibility index (Phi) is 7.89. The number of anilines is 1. The number of primary amides is 1. The molecule has 1 atom stereocenters. The van der Waals surface area contributed by atoms with Crippen LogP contribution in [0.5, 0.6) is 0 Å². The second-order valence-electron chi connectivity index (χ2n) is 10.6. The number of amides is 1. The summed E-state index contributed by atoms with van der Waals surface area (Å²) in [7, 11) is -4.60. The summed E-state index contributed by atoms with van der Waals surface area (Å²) >= 11 is 0. The molecule has 0 bridgehead atoms. The molecule has 0 aromatic heterocycles. The molecular weight excluding hydrogens is 585 g/mol. The van der Waals surface area contributed by atoms with E-state index in [0.717, 1.165) is 34.6 Å². The molecule has 1 amide bonds. The van der Waals surface area contributed by atoms with Crippen molar-refractivity contribution in [1.82, 2.24) is 0 Å². The molecule has 15 heteroatoms. The molecule has 0 spiro atoms. The Morgan fingerprint density at radius 1 is 0.976 bits per heavy atom. The Morgan fingerprint density at radius 2 is 1.54 bits per heavy atom. The smallest absolute Gasteiger partial charge is 0.393 e. The van der Waals surface area contributed by atoms with Crippen LogP contribution in [0.4, 0.5) is 36.4 Å². The number of hydrogen-bond donors (Lipinski definition) is 3. The van der Waals surface area contributed by atoms with Crippen molar-refractivity contribution in [2.24, 2.45) is 11.1 Å². The van der Waals surface area contributed by atoms with E-state index in [2.05, 4.69) is 0 Å². The van der Waals surface area contributed by atoms with Crippen LogP contribution < -0.4 is 10.0 Å². The summed E-state index contributed by atoms with van der Waals surface area (Å²) in [5, 5.41) is 19.8. The second-order valence-corrected chi connectivity index (χ2v) is 12.4. The van der Waals surface area contributed by atoms with Gasteiger partial charge in [-0.3, -0.25) is 9.10 Å². The van der Waals surface area contributed by atoms with Gasteiger partial charge in [-0.05, 0) is 80.8 Å². The summed E-state index contributed by atoms with van der Waals surface area (Å²) in [5.74, 6) is -1.48. The molecule has 7 nitrogen and oxygen atoms in total. The summed E-state index contributed by atoms with van der Waals surface area (Å²) < 4.78 is 123. The van der Waals surface area contributed by atoms with E-state index in [9.17, 15) is 54.2 Å². The van der Waals surface area contributed by atoms with Crippen LogP contribution in [0.1, 0.15) is 49.7 Å². The topological polar surface area (TPSA) is 121 Å². The van der Waals surface area contributed by atoms with Gasteiger partial charge in [0.15, 0.2) is 0 Å². The first kappa shape index (κ1) is 31.0. The normalized spacial score (nSPS) is 24.2. The average Bonchev–Trinajstić information content (AvgIpc) is 2.88. The molecule has 1 aliphatic carbocycles. The molecular formula is C26H27F7N2O5S. The molecule has 4 rings (SSSR count). The predicted octanol–water partition coefficient (Wildman–Crippen LogP) is 4.44. The zero-order valence-electron chi connectivity index (χ0n) is 21.3. The second kappa shape index (κ2) is 10.4. The van der Waals surface area contributed by atoms with Crippen molar-refractivity contribution in [3.05, 3.63) is 59.4 Å². The van der Waals surface area contributed by atoms with Crippen LogP contribution >= 0.6 is 0 Å². The standard InChI is InChI=1S/C26H27F7N2O5S/c27-17-3-6-20(7-4-17)41(39,40)35-18(14-23(22(34)37)11-9-19(36)10-12-23)5-1-15-13-16(2-8-21(15)35)24(38,25(28,29)30)26(31,32)33/h2-4,6-8,13,18-19,36,38H,1,5,9-12,14H2,(H2,34,37)/t18-,19?,23?/m0/s1. The minimum absolute atomic E-state index is 0.120. The van der Waals surface area contributed by atoms with Crippen molar-refractivity contribution in [3.63, 3.8) is 0 Å². The van der Waals surface area contributed by atoms with Gasteiger partial charge in [0.25, 0.3) is 15.6 Å². The summed E-state index contributed by atoms with van der Waals surface area (Å²) in [4.78, 5) is 12.2. The number of benzene rings is 2. The minimum Gasteiger partial charge on any atom is -0.393 e. The number of carbonyl (C=O) groups excluding carboxylic acids is 1. The fourth-order valence-corrected chi connectivity index (χ4v) is 7.45. The van der Waals surface area contributed by atoms with Crippen LogP contribution in [0, 0.1) is 11.2 Å². The van der Waals surface area contributed by atoms with Gasteiger partial charge in [0, 0.05) is 11.6 Å². The van der Waals surface area contributed by atoms with Crippen molar-refractivity contribution in [2.75, 3.05) is 4.31 Å². The highest BCUT2D eigenvalue weighted by Crippen LogP contribution is 2.52. The van der Waals surface area contributed by atoms with E-state index in [0.29, 0.717) is 12.1 Å². The lowest BCUT2D eigenvalue weighted by atomic mass is 9.68. The zero-order chi connectivity index (χ0) is 30.6. The van der Waals surface area contributed by atoms with Crippen molar-refractivity contribution >= 4 is 21.6 Å². The van der Waals surface area contributed by atoms with E-state index >= 15 is 0 Å². The number of aliphatic hydroxyl groups excluding tert-OH is 1. The largest absolute Gasteiger partial charge is 0.430 e. The fourth-order valence-electron chi connectivity index (χ4n) is 5.74. The minimum atomic E-state index is -6.14. The number of alkyl halides is 6. The molecule has 1 aliphatic heterocycles. The Hall–Kier alpha value is -2.91. The number of halogens is 7. The summed E-state index contributed by atoms with van der Waals surface area (Å²) in [6.07, 6.45) is -12.7. The van der Waals surface area contributed by atoms with Crippen LogP contribution in [-0.2, 0) is 26.8 Å². The molecule has 1 saturated carbocycles. The molecule has 41 heavy (non-hydrogen) atoms. The Labute approximate surface area is 230 Å². The number of hydrogen-bond acceptors (Lipinski definition) is 5. The van der Waals surface area contributed by atoms with Gasteiger partial charge in [-0.1, -0.05) is 12.1 Å². The third-order valence-corrected chi connectivity index (χ3v) is 9.95. The van der Waals surface area contributed by atoms with E-state index < -0.39 is 67.7 Å². The highest BCUT2D eigenvalue weighted by Gasteiger charge is 2.71. The molecule has 1 fully saturated rings. The Bertz CT molecular complexity index is 1390. The van der Waals surface area contributed by atoms with Gasteiger partial charge in [-0.2, -0.15) is 26.3 Å². The number of aliphatic hydroxyl groups is 2. The molecule has 2 aromatic carbocycles. The summed E-state index contributed by atoms with van der Waals surface area (Å²) in [6.45, 7) is 0. The highest BCUT2D eigenvalue weighted by atomic mass is 32.2. The number of fused-ring (bicyclic) bond motifs is 1. The van der Waals surface area contributed by atoms with Crippen molar-refractivity contribution < 1.29 is 54.2 Å². The number of aryl methyl sites for hydroxylation is 1. The quantitative estimate of drug-likeness (QED) is 0.417. The molecule has 1 heterocycles. The molecule has 4 N–H and O–H groups in total. The lowest BCUT2D eigenvalue weighted by molar-refractivity contribution is -0.376. The fraction of sp³-hybridized carbons (Fsp3) is 0.500. The SMILES string of the molecule is NC(=O)C1(C[C@@H]2CCc3cc(C(O)(C(F)(F)F)C(F)(F)F)ccc3N2S(=O)(=O)c2ccc(F)cc2)CCC(O)CC1. The van der Waals surface area contributed by atoms with Crippen molar-refractivity contribution in [2.45, 2.75) is 79.9 Å². The van der Waals surface area contributed by atoms with Crippen molar-refractivity contribution in [3.8, 4) is 0 Å². The zero-order valence-corrected chi connectivity index (χ0v) is 22.2. The van der Waals surface area contributed by atoms with E-state index in [1.165, 1.54) is 0 Å². The maximum atomic E-state index is 13.9. The van der Waals surface area contributed by atoms with E-state index in [4.69, 9.17) is 5.73 Å². The Morgan fingerprint density at radius 3 is 2.05 bits per heavy atom. The van der Waals surface area contributed by atoms with Gasteiger partial charge in [-0.25, -0.2) is 12.8 Å². The maximum absolute atomic E-state index is 13.9. The van der Waals surface area contributed by atoms with Gasteiger partial charge < -0.3 is 15.9 Å². The number of rotatable bonds is 6. The maximum Gasteiger partial charge on any atom is 0.430 e. The Balaban J connectivity index is 1.86. The third-order valence-electron chi connectivity index (χ3n) is 8.07. The van der Waals surface area contributed by atoms with Crippen LogP contribution in [0.25, 0.3) is 0 Å². The molecule has 2 aliphatic rings. The molecule has 0 unspecified atom stereocenters. The molecule has 226 valence electrons. The van der Waals surface area contributed by atoms with E-state index in [-0.39, 0.29) is 56.2 Å². The van der Waals surface area contributed by atoms with Crippen LogP contribution in [-0.4, -0.2) is 49.0 Å². The van der Waals surface area contributed by atoms with Gasteiger partial charge in [0.05, 0.1) is 22.1 Å². The van der Waals surface area contributed by atoms with E-state index in [1.54, 1.807) is 0 Å². The van der Waals surface area contributed by atoms with E-state index in [1.807, 2.05) is 0 Å². The van der Waals surface area contributed by atoms with Gasteiger partial charge in [0.1, 0.15) is 5.82 Å². The number of carbonyl (C=O) groups is 1. The number of nitrogens with zero attached hydrogens (tertiary/aromatic N) is 1. The molecule has 0 radical (unpaired) electrons. The first-order valence-electron chi connectivity index (χ1n) is 12.6. The monoisotopic (exact) mass is 612 g/mol. The summed E-state index contributed by atoms with van der Waals surface area (Å²) in [5.41, 5.74) is -2.74. The molecule has 2 aromatic rings. The van der Waals surface area contributed by atoms with Crippen molar-refractivity contribution in [1.29, 1.82) is 0 Å².